The normalized spacial score (nSPS) is 12.6. The van der Waals surface area contributed by atoms with Crippen LogP contribution < -0.4 is 5.32 Å². The molecule has 0 spiro atoms. The van der Waals surface area contributed by atoms with Crippen LogP contribution in [0.4, 0.5) is 4.39 Å². The number of benzene rings is 1. The van der Waals surface area contributed by atoms with Gasteiger partial charge in [-0.1, -0.05) is 26.0 Å². The molecule has 1 N–H and O–H groups in total. The fourth-order valence-electron chi connectivity index (χ4n) is 2.52. The van der Waals surface area contributed by atoms with Crippen LogP contribution in [0.25, 0.3) is 0 Å². The van der Waals surface area contributed by atoms with Crippen LogP contribution in [0.2, 0.25) is 0 Å². The highest BCUT2D eigenvalue weighted by Gasteiger charge is 2.30. The van der Waals surface area contributed by atoms with Gasteiger partial charge in [0.2, 0.25) is 11.8 Å². The van der Waals surface area contributed by atoms with Crippen molar-refractivity contribution in [2.75, 3.05) is 0 Å². The van der Waals surface area contributed by atoms with Gasteiger partial charge in [-0.25, -0.2) is 4.39 Å². The van der Waals surface area contributed by atoms with E-state index in [9.17, 15) is 14.0 Å². The SMILES string of the molecule is CCCC(=O)N(Cc1ccc(F)cc1)[C@H](CC)C(=O)NC(C)(C)C. The first-order valence-corrected chi connectivity index (χ1v) is 8.53. The van der Waals surface area contributed by atoms with E-state index in [2.05, 4.69) is 5.32 Å². The predicted molar refractivity (Wildman–Crippen MR) is 93.8 cm³/mol. The lowest BCUT2D eigenvalue weighted by atomic mass is 10.0. The molecule has 134 valence electrons. The smallest absolute Gasteiger partial charge is 0.243 e. The zero-order valence-electron chi connectivity index (χ0n) is 15.4. The van der Waals surface area contributed by atoms with Crippen LogP contribution in [0.5, 0.6) is 0 Å². The van der Waals surface area contributed by atoms with Crippen molar-refractivity contribution in [3.63, 3.8) is 0 Å². The molecule has 0 heterocycles. The quantitative estimate of drug-likeness (QED) is 0.826. The molecule has 0 saturated carbocycles. The molecule has 0 aliphatic heterocycles. The maximum absolute atomic E-state index is 13.1. The number of halogens is 1. The summed E-state index contributed by atoms with van der Waals surface area (Å²) in [7, 11) is 0. The number of amides is 2. The lowest BCUT2D eigenvalue weighted by Gasteiger charge is -2.33. The summed E-state index contributed by atoms with van der Waals surface area (Å²) in [6.07, 6.45) is 1.63. The molecule has 1 rings (SSSR count). The van der Waals surface area contributed by atoms with Crippen LogP contribution in [-0.2, 0) is 16.1 Å². The van der Waals surface area contributed by atoms with Gasteiger partial charge in [0.25, 0.3) is 0 Å². The maximum atomic E-state index is 13.1. The molecule has 1 aromatic carbocycles. The number of hydrogen-bond donors (Lipinski definition) is 1. The molecule has 2 amide bonds. The summed E-state index contributed by atoms with van der Waals surface area (Å²) in [4.78, 5) is 26.8. The first-order chi connectivity index (χ1) is 11.2. The zero-order valence-corrected chi connectivity index (χ0v) is 15.4. The molecule has 0 radical (unpaired) electrons. The molecule has 24 heavy (non-hydrogen) atoms. The highest BCUT2D eigenvalue weighted by Crippen LogP contribution is 2.15. The number of hydrogen-bond acceptors (Lipinski definition) is 2. The zero-order chi connectivity index (χ0) is 18.3. The molecule has 0 aliphatic carbocycles. The summed E-state index contributed by atoms with van der Waals surface area (Å²) >= 11 is 0. The summed E-state index contributed by atoms with van der Waals surface area (Å²) in [6, 6.07) is 5.50. The van der Waals surface area contributed by atoms with Gasteiger partial charge in [-0.2, -0.15) is 0 Å². The molecule has 0 saturated heterocycles. The van der Waals surface area contributed by atoms with Gasteiger partial charge in [0.15, 0.2) is 0 Å². The lowest BCUT2D eigenvalue weighted by molar-refractivity contribution is -0.142. The van der Waals surface area contributed by atoms with Gasteiger partial charge in [0.1, 0.15) is 11.9 Å². The topological polar surface area (TPSA) is 49.4 Å². The molecule has 0 unspecified atom stereocenters. The Morgan fingerprint density at radius 1 is 1.17 bits per heavy atom. The number of carbonyl (C=O) groups excluding carboxylic acids is 2. The van der Waals surface area contributed by atoms with Gasteiger partial charge in [0, 0.05) is 18.5 Å². The van der Waals surface area contributed by atoms with Crippen molar-refractivity contribution in [2.24, 2.45) is 0 Å². The minimum Gasteiger partial charge on any atom is -0.350 e. The minimum absolute atomic E-state index is 0.0577. The summed E-state index contributed by atoms with van der Waals surface area (Å²) < 4.78 is 13.1. The highest BCUT2D eigenvalue weighted by atomic mass is 19.1. The standard InChI is InChI=1S/C19H29FN2O2/c1-6-8-17(23)22(13-14-9-11-15(20)12-10-14)16(7-2)18(24)21-19(3,4)5/h9-12,16H,6-8,13H2,1-5H3,(H,21,24)/t16-/m1/s1. The van der Waals surface area contributed by atoms with Gasteiger partial charge >= 0.3 is 0 Å². The molecule has 4 nitrogen and oxygen atoms in total. The fourth-order valence-corrected chi connectivity index (χ4v) is 2.52. The Kier molecular flexibility index (Phi) is 7.39. The van der Waals surface area contributed by atoms with Crippen LogP contribution in [0.3, 0.4) is 0 Å². The Morgan fingerprint density at radius 2 is 1.75 bits per heavy atom. The second-order valence-corrected chi connectivity index (χ2v) is 7.06. The second kappa shape index (κ2) is 8.81. The third-order valence-corrected chi connectivity index (χ3v) is 3.61. The molecular weight excluding hydrogens is 307 g/mol. The van der Waals surface area contributed by atoms with E-state index in [4.69, 9.17) is 0 Å². The predicted octanol–water partition coefficient (Wildman–Crippen LogP) is 3.65. The average Bonchev–Trinajstić information content (AvgIpc) is 2.47. The van der Waals surface area contributed by atoms with E-state index in [0.717, 1.165) is 12.0 Å². The third kappa shape index (κ3) is 6.30. The number of nitrogens with one attached hydrogen (secondary N) is 1. The fraction of sp³-hybridized carbons (Fsp3) is 0.579. The van der Waals surface area contributed by atoms with Crippen molar-refractivity contribution < 1.29 is 14.0 Å². The monoisotopic (exact) mass is 336 g/mol. The van der Waals surface area contributed by atoms with E-state index in [1.165, 1.54) is 12.1 Å². The summed E-state index contributed by atoms with van der Waals surface area (Å²) in [5.41, 5.74) is 0.447. The van der Waals surface area contributed by atoms with Gasteiger partial charge in [-0.15, -0.1) is 0 Å². The van der Waals surface area contributed by atoms with Crippen LogP contribution >= 0.6 is 0 Å². The molecular formula is C19H29FN2O2. The molecule has 5 heteroatoms. The van der Waals surface area contributed by atoms with Crippen LogP contribution in [0, 0.1) is 5.82 Å². The first kappa shape index (κ1) is 20.1. The number of carbonyl (C=O) groups is 2. The molecule has 1 atom stereocenters. The lowest BCUT2D eigenvalue weighted by Crippen LogP contribution is -2.53. The first-order valence-electron chi connectivity index (χ1n) is 8.53. The Morgan fingerprint density at radius 3 is 2.21 bits per heavy atom. The average molecular weight is 336 g/mol. The minimum atomic E-state index is -0.534. The molecule has 0 aliphatic rings. The second-order valence-electron chi connectivity index (χ2n) is 7.06. The van der Waals surface area contributed by atoms with E-state index in [1.807, 2.05) is 34.6 Å². The van der Waals surface area contributed by atoms with E-state index in [0.29, 0.717) is 19.4 Å². The van der Waals surface area contributed by atoms with Crippen LogP contribution in [-0.4, -0.2) is 28.3 Å². The number of nitrogens with zero attached hydrogens (tertiary/aromatic N) is 1. The van der Waals surface area contributed by atoms with E-state index < -0.39 is 6.04 Å². The van der Waals surface area contributed by atoms with Crippen molar-refractivity contribution in [3.05, 3.63) is 35.6 Å². The third-order valence-electron chi connectivity index (χ3n) is 3.61. The molecule has 0 fully saturated rings. The summed E-state index contributed by atoms with van der Waals surface area (Å²) in [5, 5.41) is 2.95. The van der Waals surface area contributed by atoms with E-state index in [1.54, 1.807) is 17.0 Å². The number of rotatable bonds is 7. The van der Waals surface area contributed by atoms with Gasteiger partial charge in [-0.05, 0) is 51.3 Å². The maximum Gasteiger partial charge on any atom is 0.243 e. The van der Waals surface area contributed by atoms with Crippen LogP contribution in [0.1, 0.15) is 59.4 Å². The highest BCUT2D eigenvalue weighted by molar-refractivity contribution is 5.88. The van der Waals surface area contributed by atoms with Gasteiger partial charge < -0.3 is 10.2 Å². The van der Waals surface area contributed by atoms with Gasteiger partial charge in [0.05, 0.1) is 0 Å². The van der Waals surface area contributed by atoms with Gasteiger partial charge in [-0.3, -0.25) is 9.59 Å². The Balaban J connectivity index is 3.03. The van der Waals surface area contributed by atoms with E-state index >= 15 is 0 Å². The largest absolute Gasteiger partial charge is 0.350 e. The summed E-state index contributed by atoms with van der Waals surface area (Å²) in [6.45, 7) is 9.87. The van der Waals surface area contributed by atoms with Crippen molar-refractivity contribution >= 4 is 11.8 Å². The Bertz CT molecular complexity index is 549. The molecule has 0 bridgehead atoms. The van der Waals surface area contributed by atoms with Crippen molar-refractivity contribution in [3.8, 4) is 0 Å². The Labute approximate surface area is 144 Å². The molecule has 1 aromatic rings. The van der Waals surface area contributed by atoms with Crippen molar-refractivity contribution in [1.29, 1.82) is 0 Å². The van der Waals surface area contributed by atoms with Crippen molar-refractivity contribution in [2.45, 2.75) is 72.0 Å². The molecule has 0 aromatic heterocycles. The van der Waals surface area contributed by atoms with E-state index in [-0.39, 0.29) is 23.2 Å². The van der Waals surface area contributed by atoms with Crippen molar-refractivity contribution in [1.82, 2.24) is 10.2 Å². The van der Waals surface area contributed by atoms with Crippen LogP contribution in [0.15, 0.2) is 24.3 Å². The Hall–Kier alpha value is -1.91. The summed E-state index contributed by atoms with van der Waals surface area (Å²) in [5.74, 6) is -0.531.